The Morgan fingerprint density at radius 1 is 1.23 bits per heavy atom. The van der Waals surface area contributed by atoms with E-state index in [1.807, 2.05) is 16.8 Å². The molecule has 6 nitrogen and oxygen atoms in total. The summed E-state index contributed by atoms with van der Waals surface area (Å²) >= 11 is 1.47. The summed E-state index contributed by atoms with van der Waals surface area (Å²) in [5.74, 6) is -1.07. The molecule has 3 heterocycles. The molecule has 1 amide bonds. The zero-order chi connectivity index (χ0) is 22.2. The van der Waals surface area contributed by atoms with Gasteiger partial charge in [0.15, 0.2) is 5.69 Å². The van der Waals surface area contributed by atoms with Crippen LogP contribution in [0.1, 0.15) is 54.6 Å². The van der Waals surface area contributed by atoms with Gasteiger partial charge < -0.3 is 10.0 Å². The summed E-state index contributed by atoms with van der Waals surface area (Å²) in [6, 6.07) is 1.85. The van der Waals surface area contributed by atoms with Gasteiger partial charge in [-0.25, -0.2) is 0 Å². The largest absolute Gasteiger partial charge is 0.481 e. The van der Waals surface area contributed by atoms with Gasteiger partial charge in [-0.05, 0) is 60.4 Å². The van der Waals surface area contributed by atoms with Crippen LogP contribution in [0.2, 0.25) is 0 Å². The van der Waals surface area contributed by atoms with E-state index in [4.69, 9.17) is 5.11 Å². The topological polar surface area (TPSA) is 75.4 Å². The third kappa shape index (κ3) is 4.78. The van der Waals surface area contributed by atoms with Gasteiger partial charge in [-0.15, -0.1) is 0 Å². The Hall–Kier alpha value is -2.36. The van der Waals surface area contributed by atoms with Crippen molar-refractivity contribution in [3.8, 4) is 0 Å². The normalized spacial score (nSPS) is 21.7. The van der Waals surface area contributed by atoms with Crippen LogP contribution in [0.3, 0.4) is 0 Å². The van der Waals surface area contributed by atoms with Crippen molar-refractivity contribution < 1.29 is 27.9 Å². The second-order valence-electron chi connectivity index (χ2n) is 8.39. The van der Waals surface area contributed by atoms with E-state index >= 15 is 0 Å². The number of carboxylic acids is 1. The van der Waals surface area contributed by atoms with E-state index < -0.39 is 17.8 Å². The minimum Gasteiger partial charge on any atom is -0.481 e. The van der Waals surface area contributed by atoms with Crippen molar-refractivity contribution in [1.82, 2.24) is 14.7 Å². The molecule has 0 bridgehead atoms. The molecule has 1 N–H and O–H groups in total. The number of aromatic nitrogens is 2. The summed E-state index contributed by atoms with van der Waals surface area (Å²) in [7, 11) is 0. The highest BCUT2D eigenvalue weighted by atomic mass is 32.1. The Bertz CT molecular complexity index is 947. The van der Waals surface area contributed by atoms with Gasteiger partial charge in [-0.2, -0.15) is 29.6 Å². The third-order valence-electron chi connectivity index (χ3n) is 6.33. The molecule has 168 valence electrons. The maximum absolute atomic E-state index is 13.5. The lowest BCUT2D eigenvalue weighted by atomic mass is 9.80. The monoisotopic (exact) mass is 455 g/mol. The maximum Gasteiger partial charge on any atom is 0.435 e. The Balaban J connectivity index is 1.47. The van der Waals surface area contributed by atoms with Crippen molar-refractivity contribution in [3.63, 3.8) is 0 Å². The number of carbonyl (C=O) groups is 2. The number of nitrogens with zero attached hydrogens (tertiary/aromatic N) is 3. The first-order valence-corrected chi connectivity index (χ1v) is 11.3. The van der Waals surface area contributed by atoms with Crippen LogP contribution >= 0.6 is 11.3 Å². The van der Waals surface area contributed by atoms with Crippen LogP contribution in [0.25, 0.3) is 0 Å². The summed E-state index contributed by atoms with van der Waals surface area (Å²) in [6.07, 6.45) is -1.57. The predicted octanol–water partition coefficient (Wildman–Crippen LogP) is 4.18. The molecule has 1 aliphatic carbocycles. The fourth-order valence-electron chi connectivity index (χ4n) is 4.60. The molecule has 0 atom stereocenters. The summed E-state index contributed by atoms with van der Waals surface area (Å²) < 4.78 is 42.0. The molecule has 0 aromatic carbocycles. The molecule has 1 fully saturated rings. The van der Waals surface area contributed by atoms with Crippen molar-refractivity contribution in [2.24, 2.45) is 11.8 Å². The quantitative estimate of drug-likeness (QED) is 0.734. The number of amides is 1. The van der Waals surface area contributed by atoms with E-state index in [0.717, 1.165) is 5.56 Å². The highest BCUT2D eigenvalue weighted by molar-refractivity contribution is 7.07. The van der Waals surface area contributed by atoms with Gasteiger partial charge >= 0.3 is 12.1 Å². The maximum atomic E-state index is 13.5. The number of fused-ring (bicyclic) bond motifs is 1. The van der Waals surface area contributed by atoms with Gasteiger partial charge in [0, 0.05) is 18.5 Å². The molecular weight excluding hydrogens is 431 g/mol. The SMILES string of the molecule is O=C(C[C@H]1CC[C@H](C(=O)O)CC1)N1CCc2c(C(F)(F)F)nn(Cc3ccsc3)c2C1. The van der Waals surface area contributed by atoms with E-state index in [1.165, 1.54) is 16.0 Å². The van der Waals surface area contributed by atoms with Gasteiger partial charge in [0.05, 0.1) is 24.7 Å². The summed E-state index contributed by atoms with van der Waals surface area (Å²) in [5, 5.41) is 16.7. The smallest absolute Gasteiger partial charge is 0.435 e. The van der Waals surface area contributed by atoms with Gasteiger partial charge in [-0.1, -0.05) is 0 Å². The molecule has 2 aromatic rings. The average Bonchev–Trinajstić information content (AvgIpc) is 3.36. The number of halogens is 3. The molecule has 2 aromatic heterocycles. The van der Waals surface area contributed by atoms with Crippen LogP contribution in [-0.2, 0) is 35.3 Å². The highest BCUT2D eigenvalue weighted by Gasteiger charge is 2.41. The molecule has 10 heteroatoms. The fraction of sp³-hybridized carbons (Fsp3) is 0.571. The molecule has 1 saturated carbocycles. The first-order chi connectivity index (χ1) is 14.7. The number of carbonyl (C=O) groups excluding carboxylic acids is 1. The first kappa shape index (κ1) is 21.9. The molecule has 31 heavy (non-hydrogen) atoms. The Labute approximate surface area is 181 Å². The van der Waals surface area contributed by atoms with Crippen molar-refractivity contribution in [3.05, 3.63) is 39.3 Å². The summed E-state index contributed by atoms with van der Waals surface area (Å²) in [6.45, 7) is 0.596. The van der Waals surface area contributed by atoms with E-state index in [0.29, 0.717) is 37.8 Å². The number of alkyl halides is 3. The van der Waals surface area contributed by atoms with Crippen LogP contribution in [-0.4, -0.2) is 38.2 Å². The number of aliphatic carboxylic acids is 1. The molecule has 0 spiro atoms. The molecule has 2 aliphatic rings. The lowest BCUT2D eigenvalue weighted by Crippen LogP contribution is -2.38. The molecule has 4 rings (SSSR count). The molecule has 0 saturated heterocycles. The van der Waals surface area contributed by atoms with Gasteiger partial charge in [0.25, 0.3) is 0 Å². The number of rotatable bonds is 5. The molecular formula is C21H24F3N3O3S. The fourth-order valence-corrected chi connectivity index (χ4v) is 5.26. The zero-order valence-electron chi connectivity index (χ0n) is 16.9. The minimum absolute atomic E-state index is 0.0822. The van der Waals surface area contributed by atoms with E-state index in [2.05, 4.69) is 5.10 Å². The van der Waals surface area contributed by atoms with Crippen molar-refractivity contribution in [2.45, 2.75) is 57.8 Å². The first-order valence-electron chi connectivity index (χ1n) is 10.4. The lowest BCUT2D eigenvalue weighted by Gasteiger charge is -2.31. The van der Waals surface area contributed by atoms with Crippen LogP contribution in [0, 0.1) is 11.8 Å². The van der Waals surface area contributed by atoms with E-state index in [-0.39, 0.29) is 49.4 Å². The summed E-state index contributed by atoms with van der Waals surface area (Å²) in [5.41, 5.74) is 0.668. The third-order valence-corrected chi connectivity index (χ3v) is 7.06. The van der Waals surface area contributed by atoms with Crippen molar-refractivity contribution in [1.29, 1.82) is 0 Å². The highest BCUT2D eigenvalue weighted by Crippen LogP contribution is 2.36. The predicted molar refractivity (Wildman–Crippen MR) is 107 cm³/mol. The Kier molecular flexibility index (Phi) is 6.09. The summed E-state index contributed by atoms with van der Waals surface area (Å²) in [4.78, 5) is 25.6. The minimum atomic E-state index is -4.53. The standard InChI is InChI=1S/C21H24F3N3O3S/c22-21(23,24)19-16-5-7-26(11-17(16)27(25-19)10-14-6-8-31-12-14)18(28)9-13-1-3-15(4-2-13)20(29)30/h6,8,12-13,15H,1-5,7,9-11H2,(H,29,30)/t13-,15-. The van der Waals surface area contributed by atoms with Gasteiger partial charge in [-0.3, -0.25) is 14.3 Å². The molecule has 1 aliphatic heterocycles. The van der Waals surface area contributed by atoms with Crippen LogP contribution in [0.4, 0.5) is 13.2 Å². The second kappa shape index (κ2) is 8.64. The van der Waals surface area contributed by atoms with Crippen molar-refractivity contribution in [2.75, 3.05) is 6.54 Å². The van der Waals surface area contributed by atoms with Gasteiger partial charge in [0.2, 0.25) is 5.91 Å². The zero-order valence-corrected chi connectivity index (χ0v) is 17.7. The average molecular weight is 456 g/mol. The number of carboxylic acid groups (broad SMARTS) is 1. The van der Waals surface area contributed by atoms with Crippen LogP contribution < -0.4 is 0 Å². The number of thiophene rings is 1. The van der Waals surface area contributed by atoms with E-state index in [9.17, 15) is 22.8 Å². The van der Waals surface area contributed by atoms with Crippen LogP contribution in [0.5, 0.6) is 0 Å². The Morgan fingerprint density at radius 3 is 2.58 bits per heavy atom. The second-order valence-corrected chi connectivity index (χ2v) is 9.17. The van der Waals surface area contributed by atoms with E-state index in [1.54, 1.807) is 4.90 Å². The molecule has 0 radical (unpaired) electrons. The molecule has 0 unspecified atom stereocenters. The Morgan fingerprint density at radius 2 is 1.97 bits per heavy atom. The number of hydrogen-bond acceptors (Lipinski definition) is 4. The van der Waals surface area contributed by atoms with Crippen molar-refractivity contribution >= 4 is 23.2 Å². The van der Waals surface area contributed by atoms with Crippen LogP contribution in [0.15, 0.2) is 16.8 Å². The van der Waals surface area contributed by atoms with Gasteiger partial charge in [0.1, 0.15) is 0 Å². The number of hydrogen-bond donors (Lipinski definition) is 1. The lowest BCUT2D eigenvalue weighted by molar-refractivity contribution is -0.143.